The highest BCUT2D eigenvalue weighted by molar-refractivity contribution is 8.00. The first kappa shape index (κ1) is 18.0. The third-order valence-electron chi connectivity index (χ3n) is 3.04. The number of hydrogen-bond acceptors (Lipinski definition) is 5. The third-order valence-corrected chi connectivity index (χ3v) is 5.68. The fraction of sp³-hybridized carbons (Fsp3) is 0.0625. The molecule has 5 nitrogen and oxygen atoms in total. The number of aromatic nitrogens is 2. The summed E-state index contributed by atoms with van der Waals surface area (Å²) in [4.78, 5) is 12.0. The number of carbonyl (C=O) groups is 1. The van der Waals surface area contributed by atoms with Gasteiger partial charge in [0.2, 0.25) is 5.13 Å². The largest absolute Gasteiger partial charge is 0.325 e. The fourth-order valence-electron chi connectivity index (χ4n) is 1.87. The van der Waals surface area contributed by atoms with E-state index in [0.29, 0.717) is 21.6 Å². The van der Waals surface area contributed by atoms with Crippen LogP contribution in [0.2, 0.25) is 10.0 Å². The number of rotatable bonds is 5. The lowest BCUT2D eigenvalue weighted by atomic mass is 10.2. The summed E-state index contributed by atoms with van der Waals surface area (Å²) in [5.74, 6) is 0.686. The van der Waals surface area contributed by atoms with E-state index in [1.165, 1.54) is 23.1 Å². The first-order valence-electron chi connectivity index (χ1n) is 7.13. The normalized spacial score (nSPS) is 10.5. The van der Waals surface area contributed by atoms with Crippen LogP contribution in [0.15, 0.2) is 52.9 Å². The van der Waals surface area contributed by atoms with E-state index in [1.54, 1.807) is 24.3 Å². The molecule has 9 heteroatoms. The van der Waals surface area contributed by atoms with Crippen LogP contribution in [-0.4, -0.2) is 16.2 Å². The van der Waals surface area contributed by atoms with E-state index in [4.69, 9.17) is 23.2 Å². The lowest BCUT2D eigenvalue weighted by Gasteiger charge is -2.04. The van der Waals surface area contributed by atoms with Gasteiger partial charge in [0, 0.05) is 21.5 Å². The van der Waals surface area contributed by atoms with Crippen LogP contribution in [-0.2, 0) is 5.75 Å². The van der Waals surface area contributed by atoms with Gasteiger partial charge < -0.3 is 5.32 Å². The lowest BCUT2D eigenvalue weighted by molar-refractivity contribution is 0.262. The Bertz CT molecular complexity index is 871. The number of anilines is 2. The number of nitrogens with one attached hydrogen (secondary N) is 2. The van der Waals surface area contributed by atoms with Crippen LogP contribution in [0.5, 0.6) is 0 Å². The van der Waals surface area contributed by atoms with Crippen LogP contribution in [0.1, 0.15) is 5.56 Å². The van der Waals surface area contributed by atoms with E-state index >= 15 is 0 Å². The Morgan fingerprint density at radius 2 is 1.80 bits per heavy atom. The Morgan fingerprint density at radius 3 is 2.56 bits per heavy atom. The van der Waals surface area contributed by atoms with Crippen LogP contribution >= 0.6 is 46.3 Å². The number of amides is 2. The molecular formula is C16H12Cl2N4OS2. The van der Waals surface area contributed by atoms with Crippen LogP contribution in [0.3, 0.4) is 0 Å². The molecule has 3 rings (SSSR count). The number of benzene rings is 2. The van der Waals surface area contributed by atoms with Gasteiger partial charge in [-0.15, -0.1) is 10.2 Å². The number of carbonyl (C=O) groups excluding carboxylic acids is 1. The van der Waals surface area contributed by atoms with Crippen molar-refractivity contribution < 1.29 is 4.79 Å². The predicted molar refractivity (Wildman–Crippen MR) is 105 cm³/mol. The first-order chi connectivity index (χ1) is 12.1. The van der Waals surface area contributed by atoms with E-state index in [2.05, 4.69) is 20.8 Å². The molecule has 0 unspecified atom stereocenters. The Hall–Kier alpha value is -1.80. The van der Waals surface area contributed by atoms with E-state index in [-0.39, 0.29) is 6.03 Å². The summed E-state index contributed by atoms with van der Waals surface area (Å²) in [6, 6.07) is 14.1. The summed E-state index contributed by atoms with van der Waals surface area (Å²) in [5.41, 5.74) is 1.67. The molecule has 0 aliphatic heterocycles. The van der Waals surface area contributed by atoms with Gasteiger partial charge in [0.25, 0.3) is 0 Å². The van der Waals surface area contributed by atoms with Gasteiger partial charge in [-0.25, -0.2) is 4.79 Å². The fourth-order valence-corrected chi connectivity index (χ4v) is 4.02. The molecule has 0 fully saturated rings. The number of hydrogen-bond donors (Lipinski definition) is 2. The van der Waals surface area contributed by atoms with Crippen LogP contribution < -0.4 is 10.6 Å². The molecule has 0 spiro atoms. The molecule has 2 aromatic carbocycles. The molecule has 0 saturated heterocycles. The minimum atomic E-state index is -0.388. The zero-order valence-electron chi connectivity index (χ0n) is 12.7. The lowest BCUT2D eigenvalue weighted by Crippen LogP contribution is -2.19. The molecule has 3 aromatic rings. The number of thioether (sulfide) groups is 1. The summed E-state index contributed by atoms with van der Waals surface area (Å²) < 4.78 is 0.752. The summed E-state index contributed by atoms with van der Waals surface area (Å²) in [6.07, 6.45) is 0. The second-order valence-electron chi connectivity index (χ2n) is 4.84. The highest BCUT2D eigenvalue weighted by Crippen LogP contribution is 2.30. The van der Waals surface area contributed by atoms with Crippen molar-refractivity contribution >= 4 is 63.2 Å². The summed E-state index contributed by atoms with van der Waals surface area (Å²) in [6.45, 7) is 0. The Balaban J connectivity index is 1.53. The average molecular weight is 411 g/mol. The van der Waals surface area contributed by atoms with E-state index in [0.717, 1.165) is 14.9 Å². The van der Waals surface area contributed by atoms with Gasteiger partial charge in [0.1, 0.15) is 0 Å². The maximum atomic E-state index is 12.0. The molecule has 128 valence electrons. The Labute approximate surface area is 162 Å². The first-order valence-corrected chi connectivity index (χ1v) is 9.69. The van der Waals surface area contributed by atoms with E-state index in [1.807, 2.05) is 24.3 Å². The molecular weight excluding hydrogens is 399 g/mol. The third kappa shape index (κ3) is 5.34. The monoisotopic (exact) mass is 410 g/mol. The summed E-state index contributed by atoms with van der Waals surface area (Å²) in [7, 11) is 0. The molecule has 25 heavy (non-hydrogen) atoms. The van der Waals surface area contributed by atoms with Gasteiger partial charge in [-0.1, -0.05) is 64.5 Å². The van der Waals surface area contributed by atoms with Crippen LogP contribution in [0, 0.1) is 0 Å². The van der Waals surface area contributed by atoms with Gasteiger partial charge in [-0.05, 0) is 35.9 Å². The molecule has 1 aromatic heterocycles. The van der Waals surface area contributed by atoms with Crippen molar-refractivity contribution in [1.82, 2.24) is 10.2 Å². The standard InChI is InChI=1S/C16H12Cl2N4OS2/c17-11-5-7-12(8-6-11)19-14(23)20-15-21-22-16(25-15)24-9-10-3-1-2-4-13(10)18/h1-8H,9H2,(H2,19,20,21,23). The molecule has 1 heterocycles. The zero-order valence-corrected chi connectivity index (χ0v) is 15.8. The Morgan fingerprint density at radius 1 is 1.04 bits per heavy atom. The van der Waals surface area contributed by atoms with Gasteiger partial charge >= 0.3 is 6.03 Å². The molecule has 0 bridgehead atoms. The minimum Gasteiger partial charge on any atom is -0.308 e. The summed E-state index contributed by atoms with van der Waals surface area (Å²) >= 11 is 14.8. The van der Waals surface area contributed by atoms with Crippen molar-refractivity contribution in [3.8, 4) is 0 Å². The second kappa shape index (κ2) is 8.53. The van der Waals surface area contributed by atoms with Crippen molar-refractivity contribution in [3.63, 3.8) is 0 Å². The SMILES string of the molecule is O=C(Nc1ccc(Cl)cc1)Nc1nnc(SCc2ccccc2Cl)s1. The molecule has 0 saturated carbocycles. The second-order valence-corrected chi connectivity index (χ2v) is 7.88. The molecule has 0 radical (unpaired) electrons. The van der Waals surface area contributed by atoms with Crippen molar-refractivity contribution in [2.45, 2.75) is 10.1 Å². The Kier molecular flexibility index (Phi) is 6.14. The van der Waals surface area contributed by atoms with Crippen LogP contribution in [0.25, 0.3) is 0 Å². The van der Waals surface area contributed by atoms with Gasteiger partial charge in [0.05, 0.1) is 0 Å². The van der Waals surface area contributed by atoms with Gasteiger partial charge in [0.15, 0.2) is 4.34 Å². The smallest absolute Gasteiger partial charge is 0.308 e. The average Bonchev–Trinajstić information content (AvgIpc) is 3.03. The number of nitrogens with zero attached hydrogens (tertiary/aromatic N) is 2. The molecule has 2 N–H and O–H groups in total. The highest BCUT2D eigenvalue weighted by atomic mass is 35.5. The topological polar surface area (TPSA) is 66.9 Å². The zero-order chi connectivity index (χ0) is 17.6. The minimum absolute atomic E-state index is 0.388. The number of urea groups is 1. The van der Waals surface area contributed by atoms with E-state index < -0.39 is 0 Å². The molecule has 0 aliphatic carbocycles. The van der Waals surface area contributed by atoms with Gasteiger partial charge in [-0.2, -0.15) is 0 Å². The molecule has 0 aliphatic rings. The maximum Gasteiger partial charge on any atom is 0.325 e. The summed E-state index contributed by atoms with van der Waals surface area (Å²) in [5, 5.41) is 15.1. The molecule has 0 atom stereocenters. The quantitative estimate of drug-likeness (QED) is 0.413. The van der Waals surface area contributed by atoms with Crippen molar-refractivity contribution in [1.29, 1.82) is 0 Å². The molecule has 2 amide bonds. The predicted octanol–water partition coefficient (Wildman–Crippen LogP) is 5.78. The van der Waals surface area contributed by atoms with Crippen LogP contribution in [0.4, 0.5) is 15.6 Å². The van der Waals surface area contributed by atoms with E-state index in [9.17, 15) is 4.79 Å². The maximum absolute atomic E-state index is 12.0. The highest BCUT2D eigenvalue weighted by Gasteiger charge is 2.10. The number of halogens is 2. The van der Waals surface area contributed by atoms with Crippen molar-refractivity contribution in [3.05, 3.63) is 64.1 Å². The van der Waals surface area contributed by atoms with Gasteiger partial charge in [-0.3, -0.25) is 5.32 Å². The van der Waals surface area contributed by atoms with Crippen molar-refractivity contribution in [2.24, 2.45) is 0 Å². The van der Waals surface area contributed by atoms with Crippen molar-refractivity contribution in [2.75, 3.05) is 10.6 Å².